The highest BCUT2D eigenvalue weighted by Crippen LogP contribution is 2.30. The summed E-state index contributed by atoms with van der Waals surface area (Å²) in [7, 11) is 0. The Morgan fingerprint density at radius 3 is 1.63 bits per heavy atom. The van der Waals surface area contributed by atoms with Gasteiger partial charge in [0.2, 0.25) is 5.91 Å². The van der Waals surface area contributed by atoms with Crippen LogP contribution in [0.25, 0.3) is 0 Å². The zero-order valence-electron chi connectivity index (χ0n) is 40.2. The Morgan fingerprint density at radius 2 is 1.06 bits per heavy atom. The van der Waals surface area contributed by atoms with Crippen molar-refractivity contribution in [2.45, 2.75) is 261 Å². The van der Waals surface area contributed by atoms with Crippen molar-refractivity contribution < 1.29 is 64.6 Å². The first kappa shape index (κ1) is 59.3. The van der Waals surface area contributed by atoms with Crippen molar-refractivity contribution in [1.82, 2.24) is 5.32 Å². The number of carbonyl (C=O) groups excluding carboxylic acids is 1. The van der Waals surface area contributed by atoms with Gasteiger partial charge in [0, 0.05) is 6.42 Å². The molecule has 1 amide bonds. The quantitative estimate of drug-likeness (QED) is 0.0231. The second kappa shape index (κ2) is 38.1. The molecular formula is C51H93NO13. The van der Waals surface area contributed by atoms with Crippen LogP contribution in [0.4, 0.5) is 0 Å². The minimum Gasteiger partial charge on any atom is -0.394 e. The standard InChI is InChI=1S/C51H93NO13/c1-3-5-7-9-11-13-15-17-19-20-21-23-25-27-29-31-33-35-43(56)52-39(40(55)34-32-30-28-26-24-22-18-16-14-12-10-8-6-4-2)38-62-50-48(61)46(59)49(42(37-54)64-50)65-51-47(60)45(58)44(57)41(36-53)63-51/h5,7,11,13,17,19,39-42,44-51,53-55,57-61H,3-4,6,8-10,12,14-16,18,20-38H2,1-2H3,(H,52,56)/b7-5-,13-11-,19-17-. The molecule has 14 nitrogen and oxygen atoms in total. The van der Waals surface area contributed by atoms with Gasteiger partial charge >= 0.3 is 0 Å². The van der Waals surface area contributed by atoms with E-state index in [9.17, 15) is 45.6 Å². The molecule has 2 aliphatic heterocycles. The fourth-order valence-electron chi connectivity index (χ4n) is 8.43. The Bertz CT molecular complexity index is 1230. The van der Waals surface area contributed by atoms with Gasteiger partial charge in [0.25, 0.3) is 0 Å². The van der Waals surface area contributed by atoms with E-state index in [-0.39, 0.29) is 12.5 Å². The molecule has 2 heterocycles. The monoisotopic (exact) mass is 928 g/mol. The van der Waals surface area contributed by atoms with Crippen LogP contribution >= 0.6 is 0 Å². The average molecular weight is 928 g/mol. The van der Waals surface area contributed by atoms with Crippen molar-refractivity contribution in [2.75, 3.05) is 19.8 Å². The predicted octanol–water partition coefficient (Wildman–Crippen LogP) is 6.71. The highest BCUT2D eigenvalue weighted by molar-refractivity contribution is 5.76. The Morgan fingerprint density at radius 1 is 0.569 bits per heavy atom. The van der Waals surface area contributed by atoms with Crippen LogP contribution in [0.5, 0.6) is 0 Å². The summed E-state index contributed by atoms with van der Waals surface area (Å²) in [6, 6.07) is -0.832. The maximum atomic E-state index is 13.2. The lowest BCUT2D eigenvalue weighted by Gasteiger charge is -2.46. The van der Waals surface area contributed by atoms with E-state index in [1.54, 1.807) is 0 Å². The third-order valence-corrected chi connectivity index (χ3v) is 12.6. The van der Waals surface area contributed by atoms with Gasteiger partial charge < -0.3 is 65.1 Å². The smallest absolute Gasteiger partial charge is 0.220 e. The van der Waals surface area contributed by atoms with Gasteiger partial charge in [-0.2, -0.15) is 0 Å². The number of nitrogens with one attached hydrogen (secondary N) is 1. The van der Waals surface area contributed by atoms with Crippen LogP contribution in [0, 0.1) is 0 Å². The fourth-order valence-corrected chi connectivity index (χ4v) is 8.43. The molecule has 9 N–H and O–H groups in total. The van der Waals surface area contributed by atoms with Crippen molar-refractivity contribution in [3.63, 3.8) is 0 Å². The summed E-state index contributed by atoms with van der Waals surface area (Å²) in [5.74, 6) is -0.218. The van der Waals surface area contributed by atoms with Crippen molar-refractivity contribution in [2.24, 2.45) is 0 Å². The van der Waals surface area contributed by atoms with E-state index in [1.807, 2.05) is 0 Å². The van der Waals surface area contributed by atoms with Gasteiger partial charge in [-0.25, -0.2) is 0 Å². The lowest BCUT2D eigenvalue weighted by Crippen LogP contribution is -2.65. The number of carbonyl (C=O) groups is 1. The minimum absolute atomic E-state index is 0.218. The van der Waals surface area contributed by atoms with Crippen LogP contribution in [0.1, 0.15) is 187 Å². The summed E-state index contributed by atoms with van der Waals surface area (Å²) in [5, 5.41) is 86.9. The van der Waals surface area contributed by atoms with Gasteiger partial charge in [0.05, 0.1) is 32.0 Å². The summed E-state index contributed by atoms with van der Waals surface area (Å²) in [6.07, 6.45) is 25.7. The van der Waals surface area contributed by atoms with Crippen LogP contribution < -0.4 is 5.32 Å². The van der Waals surface area contributed by atoms with Crippen molar-refractivity contribution in [3.8, 4) is 0 Å². The lowest BCUT2D eigenvalue weighted by molar-refractivity contribution is -0.359. The van der Waals surface area contributed by atoms with E-state index in [1.165, 1.54) is 77.0 Å². The molecule has 380 valence electrons. The van der Waals surface area contributed by atoms with Gasteiger partial charge in [-0.3, -0.25) is 4.79 Å². The van der Waals surface area contributed by atoms with E-state index in [0.717, 1.165) is 77.0 Å². The molecule has 2 saturated heterocycles. The summed E-state index contributed by atoms with van der Waals surface area (Å²) < 4.78 is 22.7. The second-order valence-corrected chi connectivity index (χ2v) is 18.3. The number of aliphatic hydroxyl groups excluding tert-OH is 8. The Kier molecular flexibility index (Phi) is 34.8. The van der Waals surface area contributed by atoms with E-state index in [0.29, 0.717) is 19.3 Å². The van der Waals surface area contributed by atoms with E-state index in [2.05, 4.69) is 55.6 Å². The number of ether oxygens (including phenoxy) is 4. The summed E-state index contributed by atoms with van der Waals surface area (Å²) in [4.78, 5) is 13.2. The Hall–Kier alpha value is -1.79. The number of unbranched alkanes of at least 4 members (excludes halogenated alkanes) is 20. The van der Waals surface area contributed by atoms with E-state index < -0.39 is 86.8 Å². The third-order valence-electron chi connectivity index (χ3n) is 12.6. The number of aliphatic hydroxyl groups is 8. The number of hydrogen-bond acceptors (Lipinski definition) is 13. The maximum absolute atomic E-state index is 13.2. The van der Waals surface area contributed by atoms with Crippen LogP contribution in [-0.4, -0.2) is 140 Å². The van der Waals surface area contributed by atoms with E-state index in [4.69, 9.17) is 18.9 Å². The SMILES string of the molecule is CC/C=C\C/C=C\C/C=C\CCCCCCCCCC(=O)NC(COC1OC(CO)C(OC2OC(CO)C(O)C(O)C2O)C(O)C1O)C(O)CCCCCCCCCCCCCCCC. The highest BCUT2D eigenvalue weighted by atomic mass is 16.7. The van der Waals surface area contributed by atoms with Gasteiger partial charge in [-0.1, -0.05) is 172 Å². The van der Waals surface area contributed by atoms with Gasteiger partial charge in [0.15, 0.2) is 12.6 Å². The third kappa shape index (κ3) is 25.4. The molecule has 65 heavy (non-hydrogen) atoms. The van der Waals surface area contributed by atoms with E-state index >= 15 is 0 Å². The zero-order chi connectivity index (χ0) is 47.5. The van der Waals surface area contributed by atoms with Crippen LogP contribution in [0.15, 0.2) is 36.5 Å². The topological polar surface area (TPSA) is 228 Å². The van der Waals surface area contributed by atoms with Crippen LogP contribution in [0.3, 0.4) is 0 Å². The molecule has 0 radical (unpaired) electrons. The van der Waals surface area contributed by atoms with Crippen LogP contribution in [-0.2, 0) is 23.7 Å². The van der Waals surface area contributed by atoms with Gasteiger partial charge in [-0.15, -0.1) is 0 Å². The van der Waals surface area contributed by atoms with Crippen molar-refractivity contribution in [3.05, 3.63) is 36.5 Å². The van der Waals surface area contributed by atoms with Gasteiger partial charge in [0.1, 0.15) is 48.8 Å². The zero-order valence-corrected chi connectivity index (χ0v) is 40.2. The molecule has 0 aromatic carbocycles. The van der Waals surface area contributed by atoms with Gasteiger partial charge in [-0.05, 0) is 44.9 Å². The molecule has 12 atom stereocenters. The predicted molar refractivity (Wildman–Crippen MR) is 254 cm³/mol. The molecule has 0 spiro atoms. The molecular weight excluding hydrogens is 835 g/mol. The molecule has 2 rings (SSSR count). The molecule has 0 aromatic rings. The first-order chi connectivity index (χ1) is 31.6. The summed E-state index contributed by atoms with van der Waals surface area (Å²) in [6.45, 7) is 2.72. The second-order valence-electron chi connectivity index (χ2n) is 18.3. The Balaban J connectivity index is 1.83. The molecule has 2 aliphatic rings. The van der Waals surface area contributed by atoms with Crippen molar-refractivity contribution in [1.29, 1.82) is 0 Å². The van der Waals surface area contributed by atoms with Crippen molar-refractivity contribution >= 4 is 5.91 Å². The van der Waals surface area contributed by atoms with Crippen LogP contribution in [0.2, 0.25) is 0 Å². The maximum Gasteiger partial charge on any atom is 0.220 e. The first-order valence-corrected chi connectivity index (χ1v) is 25.7. The number of allylic oxidation sites excluding steroid dienone is 6. The number of hydrogen-bond donors (Lipinski definition) is 9. The molecule has 0 aliphatic carbocycles. The highest BCUT2D eigenvalue weighted by Gasteiger charge is 2.51. The molecule has 0 saturated carbocycles. The first-order valence-electron chi connectivity index (χ1n) is 25.7. The largest absolute Gasteiger partial charge is 0.394 e. The molecule has 2 fully saturated rings. The summed E-state index contributed by atoms with van der Waals surface area (Å²) >= 11 is 0. The average Bonchev–Trinajstić information content (AvgIpc) is 3.30. The minimum atomic E-state index is -1.78. The molecule has 14 heteroatoms. The lowest BCUT2D eigenvalue weighted by atomic mass is 9.97. The Labute approximate surface area is 391 Å². The summed E-state index contributed by atoms with van der Waals surface area (Å²) in [5.41, 5.74) is 0. The number of rotatable bonds is 39. The molecule has 12 unspecified atom stereocenters. The fraction of sp³-hybridized carbons (Fsp3) is 0.863. The normalized spacial score (nSPS) is 27.3. The number of amides is 1. The molecule has 0 aromatic heterocycles. The molecule has 0 bridgehead atoms.